The number of nitrogens with zero attached hydrogens (tertiary/aromatic N) is 4. The number of aryl methyl sites for hydroxylation is 1. The Morgan fingerprint density at radius 2 is 1.40 bits per heavy atom. The Balaban J connectivity index is 1.29. The van der Waals surface area contributed by atoms with Crippen molar-refractivity contribution in [2.24, 2.45) is 0 Å². The van der Waals surface area contributed by atoms with E-state index in [0.29, 0.717) is 18.2 Å². The third kappa shape index (κ3) is 4.69. The summed E-state index contributed by atoms with van der Waals surface area (Å²) >= 11 is 0. The molecule has 35 heavy (non-hydrogen) atoms. The first-order valence-electron chi connectivity index (χ1n) is 12.9. The maximum Gasteiger partial charge on any atom is 0.317 e. The molecule has 0 radical (unpaired) electrons. The summed E-state index contributed by atoms with van der Waals surface area (Å²) in [5.41, 5.74) is 2.00. The minimum absolute atomic E-state index is 0.0711. The Kier molecular flexibility index (Phi) is 6.86. The number of para-hydroxylation sites is 2. The molecule has 0 aliphatic carbocycles. The topological polar surface area (TPSA) is 67.5 Å². The number of hydrogen-bond donors (Lipinski definition) is 0. The number of amides is 1. The van der Waals surface area contributed by atoms with Gasteiger partial charge < -0.3 is 14.4 Å². The van der Waals surface area contributed by atoms with Crippen LogP contribution >= 0.6 is 0 Å². The van der Waals surface area contributed by atoms with Gasteiger partial charge in [0.1, 0.15) is 0 Å². The Bertz CT molecular complexity index is 1310. The summed E-state index contributed by atoms with van der Waals surface area (Å²) in [6.45, 7) is 6.60. The summed E-state index contributed by atoms with van der Waals surface area (Å²) in [5, 5.41) is 0. The van der Waals surface area contributed by atoms with E-state index in [1.165, 1.54) is 41.5 Å². The van der Waals surface area contributed by atoms with Crippen LogP contribution in [0.2, 0.25) is 0 Å². The number of benzene rings is 2. The number of likely N-dealkylation sites (tertiary alicyclic amines) is 2. The van der Waals surface area contributed by atoms with Crippen LogP contribution in [0, 0.1) is 0 Å². The van der Waals surface area contributed by atoms with Gasteiger partial charge in [-0.1, -0.05) is 30.7 Å². The van der Waals surface area contributed by atoms with Gasteiger partial charge >= 0.3 is 11.1 Å². The smallest absolute Gasteiger partial charge is 0.317 e. The molecular formula is C28H34N4O3. The van der Waals surface area contributed by atoms with E-state index >= 15 is 0 Å². The highest BCUT2D eigenvalue weighted by Crippen LogP contribution is 2.22. The standard InChI is InChI=1S/C28H34N4O3/c1-2-31-24-8-4-5-9-25(24)32(28(35)27(31)34)20-21-10-12-22(13-11-21)26(33)30-18-14-23(15-19-30)29-16-6-3-7-17-29/h4-5,8-13,23H,2-3,6-7,14-20H2,1H3. The van der Waals surface area contributed by atoms with E-state index in [4.69, 9.17) is 0 Å². The zero-order valence-electron chi connectivity index (χ0n) is 20.5. The van der Waals surface area contributed by atoms with Crippen molar-refractivity contribution < 1.29 is 4.79 Å². The van der Waals surface area contributed by atoms with E-state index in [-0.39, 0.29) is 12.5 Å². The van der Waals surface area contributed by atoms with E-state index in [1.807, 2.05) is 60.4 Å². The van der Waals surface area contributed by atoms with Crippen LogP contribution in [-0.2, 0) is 13.1 Å². The lowest BCUT2D eigenvalue weighted by atomic mass is 9.99. The number of aromatic nitrogens is 2. The Morgan fingerprint density at radius 3 is 2.03 bits per heavy atom. The summed E-state index contributed by atoms with van der Waals surface area (Å²) in [4.78, 5) is 43.2. The third-order valence-corrected chi connectivity index (χ3v) is 7.65. The molecule has 2 saturated heterocycles. The molecule has 0 saturated carbocycles. The van der Waals surface area contributed by atoms with Gasteiger partial charge in [-0.05, 0) is 75.5 Å². The second-order valence-corrected chi connectivity index (χ2v) is 9.75. The van der Waals surface area contributed by atoms with Crippen molar-refractivity contribution in [1.29, 1.82) is 0 Å². The molecule has 0 N–H and O–H groups in total. The van der Waals surface area contributed by atoms with Gasteiger partial charge in [0.15, 0.2) is 0 Å². The van der Waals surface area contributed by atoms with E-state index < -0.39 is 11.1 Å². The van der Waals surface area contributed by atoms with Crippen LogP contribution in [0.3, 0.4) is 0 Å². The lowest BCUT2D eigenvalue weighted by Crippen LogP contribution is -2.48. The van der Waals surface area contributed by atoms with E-state index in [0.717, 1.165) is 42.5 Å². The summed E-state index contributed by atoms with van der Waals surface area (Å²) < 4.78 is 3.05. The molecule has 0 spiro atoms. The summed E-state index contributed by atoms with van der Waals surface area (Å²) in [6.07, 6.45) is 6.03. The molecule has 3 aromatic rings. The molecule has 7 heteroatoms. The molecule has 2 fully saturated rings. The van der Waals surface area contributed by atoms with Gasteiger partial charge in [-0.25, -0.2) is 0 Å². The molecule has 3 heterocycles. The van der Waals surface area contributed by atoms with Crippen LogP contribution in [0.25, 0.3) is 11.0 Å². The lowest BCUT2D eigenvalue weighted by Gasteiger charge is -2.40. The average molecular weight is 475 g/mol. The zero-order valence-corrected chi connectivity index (χ0v) is 20.5. The number of carbonyl (C=O) groups is 1. The highest BCUT2D eigenvalue weighted by molar-refractivity contribution is 5.94. The molecular weight excluding hydrogens is 440 g/mol. The molecule has 0 atom stereocenters. The van der Waals surface area contributed by atoms with E-state index in [9.17, 15) is 14.4 Å². The monoisotopic (exact) mass is 474 g/mol. The van der Waals surface area contributed by atoms with Gasteiger partial charge in [0.25, 0.3) is 5.91 Å². The van der Waals surface area contributed by atoms with Gasteiger partial charge in [0, 0.05) is 31.2 Å². The normalized spacial score (nSPS) is 17.7. The van der Waals surface area contributed by atoms with E-state index in [1.54, 1.807) is 0 Å². The van der Waals surface area contributed by atoms with Crippen LogP contribution in [0.4, 0.5) is 0 Å². The van der Waals surface area contributed by atoms with Gasteiger partial charge in [-0.15, -0.1) is 0 Å². The fourth-order valence-corrected chi connectivity index (χ4v) is 5.68. The van der Waals surface area contributed by atoms with Crippen LogP contribution in [0.1, 0.15) is 54.9 Å². The maximum absolute atomic E-state index is 13.1. The van der Waals surface area contributed by atoms with Crippen molar-refractivity contribution in [2.45, 2.75) is 58.2 Å². The minimum atomic E-state index is -0.526. The summed E-state index contributed by atoms with van der Waals surface area (Å²) in [7, 11) is 0. The molecule has 0 bridgehead atoms. The van der Waals surface area contributed by atoms with Crippen molar-refractivity contribution in [2.75, 3.05) is 26.2 Å². The van der Waals surface area contributed by atoms with Crippen molar-refractivity contribution in [1.82, 2.24) is 18.9 Å². The first-order chi connectivity index (χ1) is 17.1. The largest absolute Gasteiger partial charge is 0.339 e. The Hall–Kier alpha value is -3.19. The fraction of sp³-hybridized carbons (Fsp3) is 0.464. The highest BCUT2D eigenvalue weighted by atomic mass is 16.2. The predicted molar refractivity (Wildman–Crippen MR) is 138 cm³/mol. The molecule has 2 aromatic carbocycles. The third-order valence-electron chi connectivity index (χ3n) is 7.65. The van der Waals surface area contributed by atoms with Crippen molar-refractivity contribution in [3.8, 4) is 0 Å². The van der Waals surface area contributed by atoms with Gasteiger partial charge in [0.2, 0.25) is 0 Å². The van der Waals surface area contributed by atoms with Gasteiger partial charge in [0.05, 0.1) is 17.6 Å². The zero-order chi connectivity index (χ0) is 24.4. The molecule has 1 amide bonds. The molecule has 0 unspecified atom stereocenters. The molecule has 5 rings (SSSR count). The van der Waals surface area contributed by atoms with Crippen LogP contribution in [0.15, 0.2) is 58.1 Å². The molecule has 184 valence electrons. The molecule has 2 aliphatic rings. The second kappa shape index (κ2) is 10.2. The van der Waals surface area contributed by atoms with Crippen molar-refractivity contribution in [3.05, 3.63) is 80.4 Å². The van der Waals surface area contributed by atoms with Gasteiger partial charge in [-0.3, -0.25) is 19.0 Å². The first kappa shape index (κ1) is 23.5. The quantitative estimate of drug-likeness (QED) is 0.532. The molecule has 2 aliphatic heterocycles. The predicted octanol–water partition coefficient (Wildman–Crippen LogP) is 3.32. The SMILES string of the molecule is CCn1c(=O)c(=O)n(Cc2ccc(C(=O)N3CCC(N4CCCCC4)CC3)cc2)c2ccccc21. The number of fused-ring (bicyclic) bond motifs is 1. The summed E-state index contributed by atoms with van der Waals surface area (Å²) in [6, 6.07) is 15.6. The van der Waals surface area contributed by atoms with Crippen LogP contribution in [0.5, 0.6) is 0 Å². The average Bonchev–Trinajstić information content (AvgIpc) is 2.92. The van der Waals surface area contributed by atoms with E-state index in [2.05, 4.69) is 4.90 Å². The number of carbonyl (C=O) groups excluding carboxylic acids is 1. The van der Waals surface area contributed by atoms with Gasteiger partial charge in [-0.2, -0.15) is 0 Å². The van der Waals surface area contributed by atoms with Crippen LogP contribution < -0.4 is 11.1 Å². The van der Waals surface area contributed by atoms with Crippen molar-refractivity contribution in [3.63, 3.8) is 0 Å². The number of hydrogen-bond acceptors (Lipinski definition) is 4. The first-order valence-corrected chi connectivity index (χ1v) is 12.9. The number of rotatable bonds is 5. The maximum atomic E-state index is 13.1. The lowest BCUT2D eigenvalue weighted by molar-refractivity contribution is 0.0590. The van der Waals surface area contributed by atoms with Crippen LogP contribution in [-0.4, -0.2) is 57.1 Å². The Morgan fingerprint density at radius 1 is 0.800 bits per heavy atom. The molecule has 7 nitrogen and oxygen atoms in total. The van der Waals surface area contributed by atoms with Crippen molar-refractivity contribution >= 4 is 16.9 Å². The number of piperidine rings is 2. The second-order valence-electron chi connectivity index (χ2n) is 9.75. The summed E-state index contributed by atoms with van der Waals surface area (Å²) in [5.74, 6) is 0.0711. The highest BCUT2D eigenvalue weighted by Gasteiger charge is 2.28. The fourth-order valence-electron chi connectivity index (χ4n) is 5.68. The Labute approximate surface area is 205 Å². The molecule has 1 aromatic heterocycles. The minimum Gasteiger partial charge on any atom is -0.339 e.